The summed E-state index contributed by atoms with van der Waals surface area (Å²) in [5.41, 5.74) is -0.144. The van der Waals surface area contributed by atoms with Crippen LogP contribution in [0.5, 0.6) is 0 Å². The minimum absolute atomic E-state index is 0.144. The van der Waals surface area contributed by atoms with E-state index in [4.69, 9.17) is 5.26 Å². The number of hydrogen-bond acceptors (Lipinski definition) is 3. The quantitative estimate of drug-likeness (QED) is 0.673. The smallest absolute Gasteiger partial charge is 0.0683 e. The van der Waals surface area contributed by atoms with Gasteiger partial charge in [-0.3, -0.25) is 0 Å². The Balaban J connectivity index is 2.00. The second-order valence-electron chi connectivity index (χ2n) is 5.87. The van der Waals surface area contributed by atoms with Crippen LogP contribution in [0.2, 0.25) is 0 Å². The SMILES string of the molecule is CSC1(CNCCCCC(C)(C)C#N)CCC1. The van der Waals surface area contributed by atoms with Gasteiger partial charge in [0.2, 0.25) is 0 Å². The Labute approximate surface area is 111 Å². The number of unbranched alkanes of at least 4 members (excludes halogenated alkanes) is 1. The van der Waals surface area contributed by atoms with Crippen LogP contribution in [0.1, 0.15) is 52.4 Å². The summed E-state index contributed by atoms with van der Waals surface area (Å²) in [7, 11) is 0. The van der Waals surface area contributed by atoms with Crippen molar-refractivity contribution in [1.82, 2.24) is 5.32 Å². The molecule has 1 saturated carbocycles. The van der Waals surface area contributed by atoms with Crippen molar-refractivity contribution in [1.29, 1.82) is 5.26 Å². The normalized spacial score (nSPS) is 18.5. The predicted octanol–water partition coefficient (Wildman–Crippen LogP) is 3.58. The molecule has 1 fully saturated rings. The molecule has 3 heteroatoms. The number of nitriles is 1. The van der Waals surface area contributed by atoms with E-state index < -0.39 is 0 Å². The first-order chi connectivity index (χ1) is 8.04. The zero-order valence-electron chi connectivity index (χ0n) is 11.5. The molecular formula is C14H26N2S. The van der Waals surface area contributed by atoms with Crippen LogP contribution in [0.15, 0.2) is 0 Å². The van der Waals surface area contributed by atoms with E-state index in [1.165, 1.54) is 25.7 Å². The molecule has 0 saturated heterocycles. The van der Waals surface area contributed by atoms with Gasteiger partial charge in [0.25, 0.3) is 0 Å². The van der Waals surface area contributed by atoms with E-state index in [-0.39, 0.29) is 5.41 Å². The summed E-state index contributed by atoms with van der Waals surface area (Å²) in [4.78, 5) is 0. The first kappa shape index (κ1) is 14.9. The monoisotopic (exact) mass is 254 g/mol. The van der Waals surface area contributed by atoms with Crippen molar-refractivity contribution in [2.75, 3.05) is 19.3 Å². The van der Waals surface area contributed by atoms with E-state index in [1.54, 1.807) is 0 Å². The van der Waals surface area contributed by atoms with Crippen molar-refractivity contribution < 1.29 is 0 Å². The van der Waals surface area contributed by atoms with E-state index in [9.17, 15) is 0 Å². The fourth-order valence-corrected chi connectivity index (χ4v) is 3.16. The van der Waals surface area contributed by atoms with E-state index in [1.807, 2.05) is 25.6 Å². The van der Waals surface area contributed by atoms with Crippen LogP contribution in [0.25, 0.3) is 0 Å². The van der Waals surface area contributed by atoms with Crippen LogP contribution in [0, 0.1) is 16.7 Å². The maximum absolute atomic E-state index is 8.91. The van der Waals surface area contributed by atoms with Gasteiger partial charge in [-0.25, -0.2) is 0 Å². The zero-order chi connectivity index (χ0) is 12.8. The summed E-state index contributed by atoms with van der Waals surface area (Å²) < 4.78 is 0.548. The lowest BCUT2D eigenvalue weighted by Crippen LogP contribution is -2.43. The third-order valence-corrected chi connectivity index (χ3v) is 5.27. The number of thioether (sulfide) groups is 1. The summed E-state index contributed by atoms with van der Waals surface area (Å²) in [6.45, 7) is 6.31. The van der Waals surface area contributed by atoms with E-state index in [2.05, 4.69) is 17.6 Å². The molecule has 1 aliphatic rings. The minimum Gasteiger partial charge on any atom is -0.315 e. The molecule has 0 aromatic rings. The highest BCUT2D eigenvalue weighted by Gasteiger charge is 2.35. The van der Waals surface area contributed by atoms with Crippen molar-refractivity contribution in [3.63, 3.8) is 0 Å². The summed E-state index contributed by atoms with van der Waals surface area (Å²) in [6, 6.07) is 2.36. The molecule has 0 bridgehead atoms. The summed E-state index contributed by atoms with van der Waals surface area (Å²) in [5.74, 6) is 0. The standard InChI is InChI=1S/C14H26N2S/c1-13(2,11-15)7-4-5-10-16-12-14(17-3)8-6-9-14/h16H,4-10,12H2,1-3H3. The van der Waals surface area contributed by atoms with Gasteiger partial charge < -0.3 is 5.32 Å². The third kappa shape index (κ3) is 4.89. The predicted molar refractivity (Wildman–Crippen MR) is 76.2 cm³/mol. The van der Waals surface area contributed by atoms with Crippen molar-refractivity contribution in [3.05, 3.63) is 0 Å². The Morgan fingerprint density at radius 1 is 1.35 bits per heavy atom. The van der Waals surface area contributed by atoms with Crippen LogP contribution >= 0.6 is 11.8 Å². The van der Waals surface area contributed by atoms with Crippen molar-refractivity contribution in [3.8, 4) is 6.07 Å². The molecule has 0 aromatic heterocycles. The van der Waals surface area contributed by atoms with Crippen LogP contribution in [-0.4, -0.2) is 24.1 Å². The average molecular weight is 254 g/mol. The lowest BCUT2D eigenvalue weighted by Gasteiger charge is -2.40. The molecule has 0 radical (unpaired) electrons. The van der Waals surface area contributed by atoms with Gasteiger partial charge in [0, 0.05) is 11.3 Å². The van der Waals surface area contributed by atoms with Crippen molar-refractivity contribution in [2.45, 2.75) is 57.1 Å². The highest BCUT2D eigenvalue weighted by Crippen LogP contribution is 2.42. The van der Waals surface area contributed by atoms with Gasteiger partial charge >= 0.3 is 0 Å². The maximum Gasteiger partial charge on any atom is 0.0683 e. The first-order valence-electron chi connectivity index (χ1n) is 6.71. The lowest BCUT2D eigenvalue weighted by atomic mass is 9.84. The second kappa shape index (κ2) is 6.66. The van der Waals surface area contributed by atoms with Gasteiger partial charge in [-0.05, 0) is 52.3 Å². The summed E-state index contributed by atoms with van der Waals surface area (Å²) >= 11 is 2.03. The molecule has 1 N–H and O–H groups in total. The van der Waals surface area contributed by atoms with E-state index in [0.717, 1.165) is 25.9 Å². The average Bonchev–Trinajstić information content (AvgIpc) is 2.26. The van der Waals surface area contributed by atoms with Crippen LogP contribution in [0.3, 0.4) is 0 Å². The Kier molecular flexibility index (Phi) is 5.82. The molecule has 0 heterocycles. The van der Waals surface area contributed by atoms with E-state index >= 15 is 0 Å². The van der Waals surface area contributed by atoms with Gasteiger partial charge in [-0.1, -0.05) is 12.8 Å². The Morgan fingerprint density at radius 3 is 2.53 bits per heavy atom. The van der Waals surface area contributed by atoms with Gasteiger partial charge in [0.15, 0.2) is 0 Å². The van der Waals surface area contributed by atoms with Crippen LogP contribution in [-0.2, 0) is 0 Å². The second-order valence-corrected chi connectivity index (χ2v) is 7.14. The van der Waals surface area contributed by atoms with Crippen LogP contribution < -0.4 is 5.32 Å². The molecule has 0 aliphatic heterocycles. The highest BCUT2D eigenvalue weighted by atomic mass is 32.2. The fourth-order valence-electron chi connectivity index (χ4n) is 2.21. The van der Waals surface area contributed by atoms with Gasteiger partial charge in [0.1, 0.15) is 0 Å². The number of rotatable bonds is 8. The maximum atomic E-state index is 8.91. The van der Waals surface area contributed by atoms with E-state index in [0.29, 0.717) is 4.75 Å². The molecule has 2 nitrogen and oxygen atoms in total. The molecule has 98 valence electrons. The molecule has 0 spiro atoms. The van der Waals surface area contributed by atoms with Crippen molar-refractivity contribution in [2.24, 2.45) is 5.41 Å². The largest absolute Gasteiger partial charge is 0.315 e. The van der Waals surface area contributed by atoms with Crippen molar-refractivity contribution >= 4 is 11.8 Å². The fraction of sp³-hybridized carbons (Fsp3) is 0.929. The molecular weight excluding hydrogens is 228 g/mol. The van der Waals surface area contributed by atoms with Gasteiger partial charge in [0.05, 0.1) is 11.5 Å². The van der Waals surface area contributed by atoms with Crippen LogP contribution in [0.4, 0.5) is 0 Å². The molecule has 0 amide bonds. The van der Waals surface area contributed by atoms with Gasteiger partial charge in [-0.15, -0.1) is 0 Å². The Hall–Kier alpha value is -0.200. The zero-order valence-corrected chi connectivity index (χ0v) is 12.3. The molecule has 0 atom stereocenters. The third-order valence-electron chi connectivity index (χ3n) is 3.85. The minimum atomic E-state index is -0.144. The summed E-state index contributed by atoms with van der Waals surface area (Å²) in [6.07, 6.45) is 9.74. The number of nitrogens with one attached hydrogen (secondary N) is 1. The first-order valence-corrected chi connectivity index (χ1v) is 7.93. The lowest BCUT2D eigenvalue weighted by molar-refractivity contribution is 0.342. The number of hydrogen-bond donors (Lipinski definition) is 1. The Morgan fingerprint density at radius 2 is 2.06 bits per heavy atom. The Bertz CT molecular complexity index is 258. The molecule has 17 heavy (non-hydrogen) atoms. The molecule has 0 unspecified atom stereocenters. The number of nitrogens with zero attached hydrogens (tertiary/aromatic N) is 1. The molecule has 1 rings (SSSR count). The van der Waals surface area contributed by atoms with Gasteiger partial charge in [-0.2, -0.15) is 17.0 Å². The topological polar surface area (TPSA) is 35.8 Å². The molecule has 0 aromatic carbocycles. The molecule has 1 aliphatic carbocycles. The highest BCUT2D eigenvalue weighted by molar-refractivity contribution is 8.00. The summed E-state index contributed by atoms with van der Waals surface area (Å²) in [5, 5.41) is 12.5.